The lowest BCUT2D eigenvalue weighted by Gasteiger charge is -2.07. The second-order valence-corrected chi connectivity index (χ2v) is 4.69. The van der Waals surface area contributed by atoms with Crippen LogP contribution in [0.5, 0.6) is 5.75 Å². The van der Waals surface area contributed by atoms with E-state index in [4.69, 9.17) is 0 Å². The Kier molecular flexibility index (Phi) is 5.30. The Balaban J connectivity index is 1.96. The van der Waals surface area contributed by atoms with E-state index in [9.17, 15) is 24.6 Å². The summed E-state index contributed by atoms with van der Waals surface area (Å²) in [6, 6.07) is 13.9. The molecule has 0 heterocycles. The van der Waals surface area contributed by atoms with Gasteiger partial charge in [0, 0.05) is 11.6 Å². The molecule has 7 nitrogen and oxygen atoms in total. The Labute approximate surface area is 137 Å². The summed E-state index contributed by atoms with van der Waals surface area (Å²) in [7, 11) is 0. The van der Waals surface area contributed by atoms with E-state index < -0.39 is 17.6 Å². The third-order valence-electron chi connectivity index (χ3n) is 3.00. The highest BCUT2D eigenvalue weighted by atomic mass is 16.3. The van der Waals surface area contributed by atoms with Crippen molar-refractivity contribution in [2.45, 2.75) is 0 Å². The highest BCUT2D eigenvalue weighted by molar-refractivity contribution is 6.41. The Morgan fingerprint density at radius 2 is 1.50 bits per heavy atom. The number of aromatic hydroxyl groups is 1. The number of carbonyl (C=O) groups excluding carboxylic acids is 3. The fourth-order valence-electron chi connectivity index (χ4n) is 1.79. The first-order valence-corrected chi connectivity index (χ1v) is 6.87. The summed E-state index contributed by atoms with van der Waals surface area (Å²) >= 11 is 0. The smallest absolute Gasteiger partial charge is 0.310 e. The van der Waals surface area contributed by atoms with Crippen LogP contribution in [0.3, 0.4) is 0 Å². The van der Waals surface area contributed by atoms with Gasteiger partial charge < -0.3 is 10.2 Å². The summed E-state index contributed by atoms with van der Waals surface area (Å²) in [6.45, 7) is 0. The van der Waals surface area contributed by atoms with Crippen LogP contribution >= 0.6 is 0 Å². The van der Waals surface area contributed by atoms with Crippen molar-refractivity contribution < 1.29 is 24.6 Å². The maximum Gasteiger partial charge on any atom is 0.310 e. The number of hydrogen-bond donors (Lipinski definition) is 4. The normalized spacial score (nSPS) is 10.8. The third kappa shape index (κ3) is 4.20. The van der Waals surface area contributed by atoms with E-state index in [0.29, 0.717) is 5.56 Å². The van der Waals surface area contributed by atoms with Crippen molar-refractivity contribution in [1.29, 1.82) is 0 Å². The Hall–Kier alpha value is -3.61. The number of nitrogens with one attached hydrogen (secondary N) is 2. The fraction of sp³-hybridized carbons (Fsp3) is 0. The van der Waals surface area contributed by atoms with Crippen LogP contribution in [0.25, 0.3) is 5.76 Å². The van der Waals surface area contributed by atoms with Crippen LogP contribution in [0.15, 0.2) is 60.7 Å². The van der Waals surface area contributed by atoms with Crippen LogP contribution in [0.1, 0.15) is 15.9 Å². The molecule has 0 fully saturated rings. The average molecular weight is 326 g/mol. The van der Waals surface area contributed by atoms with Gasteiger partial charge in [-0.05, 0) is 12.1 Å². The largest absolute Gasteiger partial charge is 0.507 e. The molecule has 0 aliphatic rings. The molecular formula is C17H14N2O5. The van der Waals surface area contributed by atoms with Crippen molar-refractivity contribution in [1.82, 2.24) is 10.9 Å². The zero-order valence-electron chi connectivity index (χ0n) is 12.4. The summed E-state index contributed by atoms with van der Waals surface area (Å²) in [5, 5.41) is 19.3. The predicted octanol–water partition coefficient (Wildman–Crippen LogP) is 1.32. The number of phenolic OH excluding ortho intramolecular Hbond substituents is 1. The average Bonchev–Trinajstić information content (AvgIpc) is 2.60. The van der Waals surface area contributed by atoms with E-state index in [1.54, 1.807) is 30.3 Å². The maximum atomic E-state index is 11.8. The van der Waals surface area contributed by atoms with Crippen LogP contribution in [-0.4, -0.2) is 27.8 Å². The molecule has 122 valence electrons. The van der Waals surface area contributed by atoms with Gasteiger partial charge in [0.2, 0.25) is 5.78 Å². The van der Waals surface area contributed by atoms with E-state index in [1.165, 1.54) is 24.3 Å². The number of hydrazine groups is 1. The number of benzene rings is 2. The van der Waals surface area contributed by atoms with Gasteiger partial charge in [-0.25, -0.2) is 0 Å². The lowest BCUT2D eigenvalue weighted by atomic mass is 10.1. The Morgan fingerprint density at radius 3 is 2.17 bits per heavy atom. The fourth-order valence-corrected chi connectivity index (χ4v) is 1.79. The summed E-state index contributed by atoms with van der Waals surface area (Å²) in [6.07, 6.45) is 0.747. The van der Waals surface area contributed by atoms with Gasteiger partial charge in [-0.3, -0.25) is 25.2 Å². The number of aliphatic hydroxyl groups excluding tert-OH is 1. The first kappa shape index (κ1) is 16.8. The number of carbonyl (C=O) groups is 3. The van der Waals surface area contributed by atoms with Gasteiger partial charge >= 0.3 is 5.91 Å². The summed E-state index contributed by atoms with van der Waals surface area (Å²) in [5.74, 6) is -3.61. The summed E-state index contributed by atoms with van der Waals surface area (Å²) in [5.41, 5.74) is 4.22. The molecule has 0 saturated carbocycles. The van der Waals surface area contributed by atoms with Crippen LogP contribution < -0.4 is 10.9 Å². The SMILES string of the molecule is O=C(/C=C(\O)c1ccccc1)C(=O)NNC(=O)c1ccccc1O. The van der Waals surface area contributed by atoms with Crippen molar-refractivity contribution in [3.63, 3.8) is 0 Å². The van der Waals surface area contributed by atoms with Gasteiger partial charge in [0.05, 0.1) is 5.56 Å². The quantitative estimate of drug-likeness (QED) is 0.293. The highest BCUT2D eigenvalue weighted by Crippen LogP contribution is 2.14. The molecule has 0 aromatic heterocycles. The molecule has 0 saturated heterocycles. The zero-order chi connectivity index (χ0) is 17.5. The van der Waals surface area contributed by atoms with E-state index in [1.807, 2.05) is 10.9 Å². The monoisotopic (exact) mass is 326 g/mol. The number of aliphatic hydroxyl groups is 1. The molecule has 2 amide bonds. The minimum atomic E-state index is -1.14. The molecule has 0 aliphatic heterocycles. The zero-order valence-corrected chi connectivity index (χ0v) is 12.4. The number of rotatable bonds is 4. The molecule has 4 N–H and O–H groups in total. The number of ketones is 1. The second kappa shape index (κ2) is 7.59. The van der Waals surface area contributed by atoms with Crippen molar-refractivity contribution >= 4 is 23.4 Å². The molecular weight excluding hydrogens is 312 g/mol. The lowest BCUT2D eigenvalue weighted by Crippen LogP contribution is -2.44. The molecule has 0 spiro atoms. The minimum absolute atomic E-state index is 0.0621. The number of phenols is 1. The van der Waals surface area contributed by atoms with Crippen molar-refractivity contribution in [2.75, 3.05) is 0 Å². The van der Waals surface area contributed by atoms with Crippen LogP contribution in [0.4, 0.5) is 0 Å². The molecule has 2 aromatic rings. The number of amides is 2. The molecule has 24 heavy (non-hydrogen) atoms. The highest BCUT2D eigenvalue weighted by Gasteiger charge is 2.15. The topological polar surface area (TPSA) is 116 Å². The number of para-hydroxylation sites is 1. The Bertz CT molecular complexity index is 800. The van der Waals surface area contributed by atoms with Gasteiger partial charge in [-0.15, -0.1) is 0 Å². The first-order chi connectivity index (χ1) is 11.5. The molecule has 0 aliphatic carbocycles. The van der Waals surface area contributed by atoms with E-state index >= 15 is 0 Å². The maximum absolute atomic E-state index is 11.8. The van der Waals surface area contributed by atoms with E-state index in [-0.39, 0.29) is 17.1 Å². The van der Waals surface area contributed by atoms with Crippen molar-refractivity contribution in [3.05, 3.63) is 71.8 Å². The van der Waals surface area contributed by atoms with Gasteiger partial charge in [0.25, 0.3) is 5.91 Å². The van der Waals surface area contributed by atoms with Gasteiger partial charge in [0.1, 0.15) is 11.5 Å². The lowest BCUT2D eigenvalue weighted by molar-refractivity contribution is -0.135. The molecule has 0 unspecified atom stereocenters. The Morgan fingerprint density at radius 1 is 0.875 bits per heavy atom. The minimum Gasteiger partial charge on any atom is -0.507 e. The first-order valence-electron chi connectivity index (χ1n) is 6.87. The van der Waals surface area contributed by atoms with Gasteiger partial charge in [0.15, 0.2) is 0 Å². The standard InChI is InChI=1S/C17H14N2O5/c20-13-9-5-4-8-12(13)16(23)18-19-17(24)15(22)10-14(21)11-6-2-1-3-7-11/h1-10,20-21H,(H,18,23)(H,19,24)/b14-10-. The molecule has 0 atom stereocenters. The molecule has 2 aromatic carbocycles. The number of hydrogen-bond acceptors (Lipinski definition) is 5. The summed E-state index contributed by atoms with van der Waals surface area (Å²) < 4.78 is 0. The van der Waals surface area contributed by atoms with Gasteiger partial charge in [-0.1, -0.05) is 42.5 Å². The van der Waals surface area contributed by atoms with Crippen LogP contribution in [-0.2, 0) is 9.59 Å². The van der Waals surface area contributed by atoms with Crippen LogP contribution in [0.2, 0.25) is 0 Å². The van der Waals surface area contributed by atoms with E-state index in [2.05, 4.69) is 0 Å². The van der Waals surface area contributed by atoms with Crippen molar-refractivity contribution in [2.24, 2.45) is 0 Å². The third-order valence-corrected chi connectivity index (χ3v) is 3.00. The molecule has 2 rings (SSSR count). The molecule has 0 bridgehead atoms. The predicted molar refractivity (Wildman–Crippen MR) is 85.8 cm³/mol. The molecule has 0 radical (unpaired) electrons. The van der Waals surface area contributed by atoms with E-state index in [0.717, 1.165) is 6.08 Å². The molecule has 7 heteroatoms. The van der Waals surface area contributed by atoms with Crippen LogP contribution in [0, 0.1) is 0 Å². The second-order valence-electron chi connectivity index (χ2n) is 4.69. The summed E-state index contributed by atoms with van der Waals surface area (Å²) in [4.78, 5) is 35.1. The van der Waals surface area contributed by atoms with Gasteiger partial charge in [-0.2, -0.15) is 0 Å². The van der Waals surface area contributed by atoms with Crippen molar-refractivity contribution in [3.8, 4) is 5.75 Å².